The Morgan fingerprint density at radius 3 is 0.859 bits per heavy atom. The van der Waals surface area contributed by atoms with Crippen molar-refractivity contribution >= 4 is 19.8 Å². The van der Waals surface area contributed by atoms with Crippen molar-refractivity contribution in [3.05, 3.63) is 255 Å². The van der Waals surface area contributed by atoms with E-state index in [0.29, 0.717) is 30.3 Å². The summed E-state index contributed by atoms with van der Waals surface area (Å²) < 4.78 is 34.5. The first-order valence-electron chi connectivity index (χ1n) is 34.4. The number of hydrogen-bond acceptors (Lipinski definition) is 7. The lowest BCUT2D eigenvalue weighted by Crippen LogP contribution is -2.37. The number of hydrogen-bond donors (Lipinski definition) is 1. The second kappa shape index (κ2) is 68.9. The predicted octanol–water partition coefficient (Wildman–Crippen LogP) is 22.9. The summed E-state index contributed by atoms with van der Waals surface area (Å²) in [5.74, 6) is -0.945. The number of phosphoric acid groups is 1. The molecule has 2 atom stereocenters. The standard InChI is InChI=1S/C82H122NO8P/c1-6-8-10-12-14-16-18-20-22-24-26-28-30-32-34-36-37-38-39-40-41-42-43-44-45-47-49-51-53-55-57-59-61-63-65-67-69-71-73-75-82(85)91-80(79-90-92(86,87)89-77-76-83(3,4)5)78-88-81(84)74-72-70-68-66-64-62-60-58-56-54-52-50-48-46-35-33-31-29-27-25-23-21-19-17-15-13-11-9-7-2/h8-11,14-17,20-23,26-29,32-35,37-38,40-41,43-44,47-50,53-56,59-62,65-68,80H,6-7,12-13,18-19,24-25,30-31,36,39,42,45-46,51-52,57-58,63-64,69-79H2,1-5H3/p+1/b10-8-,11-9-,16-14-,17-15-,22-20-,23-21-,28-26-,29-27-,34-32-,35-33-,38-37-,41-40-,44-43-,49-47-,50-48-,55-53-,56-54-,61-59-,62-60-,67-65-,68-66-. The van der Waals surface area contributed by atoms with Crippen LogP contribution in [0.4, 0.5) is 0 Å². The second-order valence-electron chi connectivity index (χ2n) is 22.7. The number of phosphoric ester groups is 1. The highest BCUT2D eigenvalue weighted by atomic mass is 31.2. The molecule has 0 heterocycles. The quantitative estimate of drug-likeness (QED) is 0.0211. The average Bonchev–Trinajstić information content (AvgIpc) is 2.14. The zero-order chi connectivity index (χ0) is 66.9. The van der Waals surface area contributed by atoms with Crippen molar-refractivity contribution in [2.75, 3.05) is 47.5 Å². The number of likely N-dealkylation sites (N-methyl/N-ethyl adjacent to an activating group) is 1. The Morgan fingerprint density at radius 2 is 0.587 bits per heavy atom. The summed E-state index contributed by atoms with van der Waals surface area (Å²) in [5, 5.41) is 0. The third-order valence-corrected chi connectivity index (χ3v) is 14.0. The molecule has 0 saturated carbocycles. The van der Waals surface area contributed by atoms with E-state index in [1.54, 1.807) is 0 Å². The number of esters is 2. The normalized spacial score (nSPS) is 14.7. The van der Waals surface area contributed by atoms with Crippen LogP contribution in [0.1, 0.15) is 194 Å². The molecule has 508 valence electrons. The van der Waals surface area contributed by atoms with Crippen molar-refractivity contribution < 1.29 is 42.1 Å². The summed E-state index contributed by atoms with van der Waals surface area (Å²) in [6.45, 7) is 4.04. The molecule has 92 heavy (non-hydrogen) atoms. The molecule has 2 unspecified atom stereocenters. The molecule has 9 nitrogen and oxygen atoms in total. The van der Waals surface area contributed by atoms with Gasteiger partial charge in [0.1, 0.15) is 19.8 Å². The number of quaternary nitrogens is 1. The lowest BCUT2D eigenvalue weighted by atomic mass is 10.2. The third kappa shape index (κ3) is 72.6. The molecule has 0 spiro atoms. The van der Waals surface area contributed by atoms with Gasteiger partial charge in [-0.2, -0.15) is 0 Å². The first-order valence-corrected chi connectivity index (χ1v) is 35.9. The molecule has 0 aliphatic carbocycles. The molecule has 0 rings (SSSR count). The van der Waals surface area contributed by atoms with Gasteiger partial charge in [0.05, 0.1) is 27.7 Å². The number of rotatable bonds is 59. The molecule has 10 heteroatoms. The molecule has 0 fully saturated rings. The van der Waals surface area contributed by atoms with E-state index in [1.165, 1.54) is 0 Å². The summed E-state index contributed by atoms with van der Waals surface area (Å²) in [7, 11) is 1.37. The Kier molecular flexibility index (Phi) is 64.1. The minimum absolute atomic E-state index is 0.00199. The maximum absolute atomic E-state index is 12.9. The van der Waals surface area contributed by atoms with Gasteiger partial charge in [0.2, 0.25) is 0 Å². The molecule has 0 aromatic rings. The molecule has 0 radical (unpaired) electrons. The molecule has 1 N–H and O–H groups in total. The fourth-order valence-corrected chi connectivity index (χ4v) is 8.62. The summed E-state index contributed by atoms with van der Waals surface area (Å²) in [5.41, 5.74) is 0. The molecule has 0 bridgehead atoms. The second-order valence-corrected chi connectivity index (χ2v) is 24.2. The highest BCUT2D eigenvalue weighted by Crippen LogP contribution is 2.43. The van der Waals surface area contributed by atoms with Gasteiger partial charge in [0.15, 0.2) is 6.10 Å². The van der Waals surface area contributed by atoms with Crippen molar-refractivity contribution in [1.82, 2.24) is 0 Å². The van der Waals surface area contributed by atoms with Crippen LogP contribution in [0.3, 0.4) is 0 Å². The average molecular weight is 1280 g/mol. The fourth-order valence-electron chi connectivity index (χ4n) is 7.88. The Bertz CT molecular complexity index is 2500. The zero-order valence-corrected chi connectivity index (χ0v) is 58.5. The highest BCUT2D eigenvalue weighted by molar-refractivity contribution is 7.47. The van der Waals surface area contributed by atoms with Crippen molar-refractivity contribution in [1.29, 1.82) is 0 Å². The van der Waals surface area contributed by atoms with Gasteiger partial charge in [0, 0.05) is 12.8 Å². The van der Waals surface area contributed by atoms with Crippen LogP contribution in [0.25, 0.3) is 0 Å². The lowest BCUT2D eigenvalue weighted by Gasteiger charge is -2.24. The van der Waals surface area contributed by atoms with Crippen LogP contribution in [0.15, 0.2) is 255 Å². The van der Waals surface area contributed by atoms with Gasteiger partial charge < -0.3 is 18.9 Å². The maximum Gasteiger partial charge on any atom is 0.472 e. The van der Waals surface area contributed by atoms with E-state index in [2.05, 4.69) is 269 Å². The minimum Gasteiger partial charge on any atom is -0.462 e. The number of ether oxygens (including phenoxy) is 2. The smallest absolute Gasteiger partial charge is 0.462 e. The molecule has 0 amide bonds. The first-order chi connectivity index (χ1) is 45.0. The number of nitrogens with zero attached hydrogens (tertiary/aromatic N) is 1. The summed E-state index contributed by atoms with van der Waals surface area (Å²) >= 11 is 0. The van der Waals surface area contributed by atoms with Crippen LogP contribution in [-0.2, 0) is 32.7 Å². The number of carbonyl (C=O) groups excluding carboxylic acids is 2. The number of carbonyl (C=O) groups is 2. The first kappa shape index (κ1) is 85.5. The molecule has 0 saturated heterocycles. The molecular weight excluding hydrogens is 1160 g/mol. The van der Waals surface area contributed by atoms with E-state index in [0.717, 1.165) is 148 Å². The van der Waals surface area contributed by atoms with E-state index in [-0.39, 0.29) is 26.1 Å². The maximum atomic E-state index is 12.9. The molecule has 0 aliphatic rings. The lowest BCUT2D eigenvalue weighted by molar-refractivity contribution is -0.870. The van der Waals surface area contributed by atoms with Gasteiger partial charge in [-0.1, -0.05) is 269 Å². The van der Waals surface area contributed by atoms with Crippen molar-refractivity contribution in [3.8, 4) is 0 Å². The van der Waals surface area contributed by atoms with E-state index in [9.17, 15) is 19.0 Å². The van der Waals surface area contributed by atoms with Crippen LogP contribution < -0.4 is 0 Å². The Labute approximate surface area is 561 Å². The van der Waals surface area contributed by atoms with Gasteiger partial charge in [-0.3, -0.25) is 18.6 Å². The van der Waals surface area contributed by atoms with Gasteiger partial charge in [-0.15, -0.1) is 0 Å². The Hall–Kier alpha value is -6.45. The Balaban J connectivity index is 4.35. The molecule has 0 aromatic carbocycles. The monoisotopic (exact) mass is 1280 g/mol. The molecule has 0 aliphatic heterocycles. The largest absolute Gasteiger partial charge is 0.472 e. The molecule has 0 aromatic heterocycles. The third-order valence-electron chi connectivity index (χ3n) is 13.1. The van der Waals surface area contributed by atoms with Gasteiger partial charge in [0.25, 0.3) is 0 Å². The topological polar surface area (TPSA) is 108 Å². The van der Waals surface area contributed by atoms with Gasteiger partial charge >= 0.3 is 19.8 Å². The number of allylic oxidation sites excluding steroid dienone is 42. The minimum atomic E-state index is -4.44. The van der Waals surface area contributed by atoms with Crippen LogP contribution >= 0.6 is 7.82 Å². The summed E-state index contributed by atoms with van der Waals surface area (Å²) in [6.07, 6.45) is 115. The van der Waals surface area contributed by atoms with E-state index in [4.69, 9.17) is 18.5 Å². The zero-order valence-electron chi connectivity index (χ0n) is 57.7. The van der Waals surface area contributed by atoms with Crippen molar-refractivity contribution in [2.24, 2.45) is 0 Å². The van der Waals surface area contributed by atoms with Gasteiger partial charge in [-0.25, -0.2) is 4.57 Å². The van der Waals surface area contributed by atoms with Crippen molar-refractivity contribution in [3.63, 3.8) is 0 Å². The summed E-state index contributed by atoms with van der Waals surface area (Å²) in [4.78, 5) is 35.8. The highest BCUT2D eigenvalue weighted by Gasteiger charge is 2.27. The summed E-state index contributed by atoms with van der Waals surface area (Å²) in [6, 6.07) is 0. The van der Waals surface area contributed by atoms with Crippen molar-refractivity contribution in [2.45, 2.75) is 200 Å². The fraction of sp³-hybridized carbons (Fsp3) is 0.463. The van der Waals surface area contributed by atoms with Crippen LogP contribution in [0, 0.1) is 0 Å². The Morgan fingerprint density at radius 1 is 0.337 bits per heavy atom. The van der Waals surface area contributed by atoms with Gasteiger partial charge in [-0.05, 0) is 167 Å². The predicted molar refractivity (Wildman–Crippen MR) is 398 cm³/mol. The van der Waals surface area contributed by atoms with Crippen LogP contribution in [-0.4, -0.2) is 74.9 Å². The van der Waals surface area contributed by atoms with Crippen LogP contribution in [0.5, 0.6) is 0 Å². The van der Waals surface area contributed by atoms with E-state index in [1.807, 2.05) is 21.1 Å². The van der Waals surface area contributed by atoms with E-state index < -0.39 is 32.5 Å². The SMILES string of the molecule is CC/C=C\C/C=C\C/C=C\C/C=C\C/C=C\C/C=C\C/C=C\C/C=C\C/C=C\C/C=C\C/C=C\C/C=C\CCCCC(=O)OC(COC(=O)CCC/C=C\C/C=C\C/C=C\C/C=C\C/C=C\C/C=C\C/C=C\C/C=C\C/C=C\CC)COP(=O)(O)OCC[N+](C)(C)C. The van der Waals surface area contributed by atoms with E-state index >= 15 is 0 Å². The van der Waals surface area contributed by atoms with Crippen LogP contribution in [0.2, 0.25) is 0 Å². The molecular formula is C82H123NO8P+. The number of unbranched alkanes of at least 4 members (excludes halogenated alkanes) is 3.